The van der Waals surface area contributed by atoms with Gasteiger partial charge in [-0.1, -0.05) is 307 Å². The molecule has 5 saturated heterocycles. The van der Waals surface area contributed by atoms with E-state index >= 15 is 0 Å². The average Bonchev–Trinajstić information content (AvgIpc) is 0.821. The van der Waals surface area contributed by atoms with Crippen LogP contribution in [-0.2, 0) is 52.4 Å². The van der Waals surface area contributed by atoms with Gasteiger partial charge in [-0.15, -0.1) is 0 Å². The SMILES string of the molecule is CO/C=C1/CCN(Cc2cc(Cl)c(Cl)cc2OC)C(c2ccccc2)C1.COc1cc(Cl)c(Cl)cc1CBr.COc1cc(Cl)c(Cl)cc1CN1CCC(=O)CC1c1ccccc1.COc1cc(Cl)c(Cl)cc1CN1CCC(C=O)CC1c1ccccc1.COc1cc(Cl)c(Cl)cc1CN1CCC(CO)CC1c1ccccc1.COc1cc(Cl)c(Cl)cc1CN1CC[C@@H](CO)C[C@@H]1c1ccccc1. The standard InChI is InChI=1S/C21H23Cl2NO2.2C20H23Cl2NO2.C20H21Cl2NO2.C19H19Cl2NO2.C8H7BrCl2O/c1-25-14-15-8-9-24(20(10-15)16-6-4-3-5-7-16)13-17-11-18(22)19(23)12-21(17)26-2;3*1-25-20-11-18(22)17(21)10-16(20)12-23-8-7-14(13-24)9-19(23)15-5-3-2-4-6-15;1-24-19-11-17(21)16(20)9-14(19)12-22-8-7-15(23)10-18(22)13-5-3-2-4-6-13;1-12-8-3-7(11)6(10)2-5(8)4-9/h3-7,11-12,14,20H,8-10,13H2,1-2H3;2*2-6,10-11,14,19,24H,7-9,12-13H2,1H3;2-6,10-11,13-14,19H,7-9,12H2,1H3;2-6,9,11,18H,7-8,10,12H2,1H3;2-3H,4H2,1H3/b15-14-;;;;;/t;14-,19-;;;;/m.1..../s1. The molecule has 0 aromatic heterocycles. The maximum Gasteiger partial charge on any atom is 0.136 e. The third-order valence-electron chi connectivity index (χ3n) is 25.4. The largest absolute Gasteiger partial charge is 0.504 e. The lowest BCUT2D eigenvalue weighted by molar-refractivity contribution is -0.123. The van der Waals surface area contributed by atoms with Crippen LogP contribution in [0.2, 0.25) is 60.3 Å². The van der Waals surface area contributed by atoms with Crippen molar-refractivity contribution in [2.24, 2.45) is 17.8 Å². The molecule has 0 amide bonds. The van der Waals surface area contributed by atoms with E-state index in [1.165, 1.54) is 27.8 Å². The smallest absolute Gasteiger partial charge is 0.136 e. The number of halogens is 13. The van der Waals surface area contributed by atoms with E-state index in [9.17, 15) is 19.8 Å². The summed E-state index contributed by atoms with van der Waals surface area (Å²) in [6, 6.07) is 74.8. The molecule has 8 atom stereocenters. The number of carbonyl (C=O) groups excluding carboxylic acids is 2. The number of piperidine rings is 5. The van der Waals surface area contributed by atoms with Gasteiger partial charge in [0, 0.05) is 183 Å². The topological polar surface area (TPSA) is 155 Å². The maximum absolute atomic E-state index is 12.0. The van der Waals surface area contributed by atoms with Crippen LogP contribution in [-0.4, -0.2) is 142 Å². The number of hydrogen-bond donors (Lipinski definition) is 2. The highest BCUT2D eigenvalue weighted by Crippen LogP contribution is 2.46. The fourth-order valence-electron chi connectivity index (χ4n) is 18.1. The molecule has 0 bridgehead atoms. The minimum atomic E-state index is 0.0756. The Kier molecular flexibility index (Phi) is 45.0. The molecule has 0 saturated carbocycles. The van der Waals surface area contributed by atoms with Crippen LogP contribution in [0.1, 0.15) is 156 Å². The second-order valence-corrected chi connectivity index (χ2v) is 39.6. The minimum absolute atomic E-state index is 0.0756. The Morgan fingerprint density at radius 3 is 0.847 bits per heavy atom. The molecule has 5 heterocycles. The van der Waals surface area contributed by atoms with Crippen molar-refractivity contribution in [1.82, 2.24) is 24.5 Å². The Morgan fingerprint density at radius 2 is 0.569 bits per heavy atom. The van der Waals surface area contributed by atoms with Gasteiger partial charge in [-0.2, -0.15) is 0 Å². The Morgan fingerprint density at radius 1 is 0.321 bits per heavy atom. The summed E-state index contributed by atoms with van der Waals surface area (Å²) in [5, 5.41) is 26.1. The zero-order chi connectivity index (χ0) is 98.2. The number of aldehydes is 1. The summed E-state index contributed by atoms with van der Waals surface area (Å²) in [4.78, 5) is 35.3. The number of ketones is 1. The minimum Gasteiger partial charge on any atom is -0.504 e. The van der Waals surface area contributed by atoms with Gasteiger partial charge < -0.3 is 48.2 Å². The third kappa shape index (κ3) is 31.4. The quantitative estimate of drug-likeness (QED) is 0.0300. The van der Waals surface area contributed by atoms with E-state index in [0.29, 0.717) is 115 Å². The highest BCUT2D eigenvalue weighted by atomic mass is 79.9. The fourth-order valence-corrected chi connectivity index (χ4v) is 20.6. The first kappa shape index (κ1) is 110. The molecule has 5 aliphatic heterocycles. The van der Waals surface area contributed by atoms with Crippen molar-refractivity contribution in [2.75, 3.05) is 95.7 Å². The predicted octanol–water partition coefficient (Wildman–Crippen LogP) is 29.7. The van der Waals surface area contributed by atoms with E-state index in [1.807, 2.05) is 91.2 Å². The van der Waals surface area contributed by atoms with Crippen LogP contribution < -0.4 is 28.4 Å². The van der Waals surface area contributed by atoms with E-state index < -0.39 is 0 Å². The summed E-state index contributed by atoms with van der Waals surface area (Å²) in [5.74, 6) is 5.58. The first-order chi connectivity index (χ1) is 66.2. The van der Waals surface area contributed by atoms with Crippen LogP contribution in [0.5, 0.6) is 34.5 Å². The second-order valence-electron chi connectivity index (χ2n) is 34.1. The van der Waals surface area contributed by atoms with Crippen LogP contribution in [0.25, 0.3) is 0 Å². The molecule has 0 radical (unpaired) electrons. The van der Waals surface area contributed by atoms with Crippen LogP contribution in [0.15, 0.2) is 236 Å². The number of rotatable bonds is 26. The molecule has 11 aromatic carbocycles. The summed E-state index contributed by atoms with van der Waals surface area (Å²) in [6.07, 6.45) is 11.6. The number of ether oxygens (including phenoxy) is 7. The summed E-state index contributed by atoms with van der Waals surface area (Å²) >= 11 is 76.6. The molecule has 730 valence electrons. The van der Waals surface area contributed by atoms with Gasteiger partial charge in [0.25, 0.3) is 0 Å². The Hall–Kier alpha value is -7.22. The first-order valence-corrected chi connectivity index (χ1v) is 50.9. The van der Waals surface area contributed by atoms with E-state index in [-0.39, 0.29) is 49.3 Å². The van der Waals surface area contributed by atoms with Gasteiger partial charge in [0.15, 0.2) is 0 Å². The molecular weight excluding hydrogens is 2050 g/mol. The van der Waals surface area contributed by atoms with Crippen LogP contribution in [0.4, 0.5) is 0 Å². The highest BCUT2D eigenvalue weighted by Gasteiger charge is 2.36. The van der Waals surface area contributed by atoms with E-state index in [2.05, 4.69) is 137 Å². The first-order valence-electron chi connectivity index (χ1n) is 45.3. The normalized spacial score (nSPS) is 19.5. The zero-order valence-electron chi connectivity index (χ0n) is 77.6. The third-order valence-corrected chi connectivity index (χ3v) is 30.4. The predicted molar refractivity (Wildman–Crippen MR) is 566 cm³/mol. The molecule has 16 nitrogen and oxygen atoms in total. The fraction of sp³-hybridized carbons (Fsp3) is 0.352. The number of aliphatic hydroxyl groups excluding tert-OH is 2. The molecule has 6 unspecified atom stereocenters. The van der Waals surface area contributed by atoms with Gasteiger partial charge in [0.05, 0.1) is 116 Å². The number of Topliss-reactive ketones (excluding diaryl/α,β-unsaturated/α-hetero) is 1. The van der Waals surface area contributed by atoms with Crippen molar-refractivity contribution in [3.8, 4) is 34.5 Å². The van der Waals surface area contributed by atoms with E-state index in [1.54, 1.807) is 92.2 Å². The lowest BCUT2D eigenvalue weighted by Gasteiger charge is -2.39. The molecule has 11 aromatic rings. The lowest BCUT2D eigenvalue weighted by atomic mass is 9.87. The van der Waals surface area contributed by atoms with Crippen molar-refractivity contribution in [1.29, 1.82) is 0 Å². The number of aliphatic hydroxyl groups is 2. The van der Waals surface area contributed by atoms with Crippen molar-refractivity contribution in [3.05, 3.63) is 358 Å². The lowest BCUT2D eigenvalue weighted by Crippen LogP contribution is -2.37. The molecular formula is C108H116BrCl12N5O11. The number of carbonyl (C=O) groups is 2. The molecule has 0 spiro atoms. The van der Waals surface area contributed by atoms with Crippen molar-refractivity contribution in [2.45, 2.75) is 132 Å². The van der Waals surface area contributed by atoms with E-state index in [0.717, 1.165) is 178 Å². The molecule has 0 aliphatic carbocycles. The summed E-state index contributed by atoms with van der Waals surface area (Å²) in [7, 11) is 11.5. The Labute approximate surface area is 875 Å². The monoisotopic (exact) mass is 2160 g/mol. The molecule has 2 N–H and O–H groups in total. The zero-order valence-corrected chi connectivity index (χ0v) is 88.3. The Balaban J connectivity index is 0.000000159. The number of alkyl halides is 1. The molecule has 29 heteroatoms. The average molecular weight is 2170 g/mol. The van der Waals surface area contributed by atoms with Gasteiger partial charge in [-0.05, 0) is 153 Å². The van der Waals surface area contributed by atoms with Gasteiger partial charge in [0.1, 0.15) is 46.6 Å². The van der Waals surface area contributed by atoms with Gasteiger partial charge >= 0.3 is 0 Å². The number of hydrogen-bond acceptors (Lipinski definition) is 16. The maximum atomic E-state index is 12.0. The van der Waals surface area contributed by atoms with Crippen LogP contribution in [0, 0.1) is 17.8 Å². The van der Waals surface area contributed by atoms with Gasteiger partial charge in [-0.3, -0.25) is 29.3 Å². The van der Waals surface area contributed by atoms with Crippen molar-refractivity contribution < 1.29 is 53.0 Å². The van der Waals surface area contributed by atoms with E-state index in [4.69, 9.17) is 172 Å². The van der Waals surface area contributed by atoms with Gasteiger partial charge in [-0.25, -0.2) is 0 Å². The van der Waals surface area contributed by atoms with Crippen molar-refractivity contribution in [3.63, 3.8) is 0 Å². The molecule has 5 aliphatic rings. The van der Waals surface area contributed by atoms with Crippen LogP contribution in [0.3, 0.4) is 0 Å². The summed E-state index contributed by atoms with van der Waals surface area (Å²) < 4.78 is 37.8. The molecule has 137 heavy (non-hydrogen) atoms. The molecule has 5 fully saturated rings. The number of likely N-dealkylation sites (tertiary alicyclic amines) is 5. The summed E-state index contributed by atoms with van der Waals surface area (Å²) in [5.41, 5.74) is 13.6. The number of benzene rings is 11. The van der Waals surface area contributed by atoms with Gasteiger partial charge in [0.2, 0.25) is 0 Å². The van der Waals surface area contributed by atoms with Crippen LogP contribution >= 0.6 is 155 Å². The summed E-state index contributed by atoms with van der Waals surface area (Å²) in [6.45, 7) is 8.43. The second kappa shape index (κ2) is 56.0. The Bertz CT molecular complexity index is 5570. The number of nitrogens with zero attached hydrogens (tertiary/aromatic N) is 5. The number of methoxy groups -OCH3 is 7. The van der Waals surface area contributed by atoms with Crippen molar-refractivity contribution >= 4 is 167 Å². The molecule has 16 rings (SSSR count). The highest BCUT2D eigenvalue weighted by molar-refractivity contribution is 9.08.